The van der Waals surface area contributed by atoms with Gasteiger partial charge in [-0.25, -0.2) is 17.5 Å². The number of halogens is 1. The summed E-state index contributed by atoms with van der Waals surface area (Å²) in [6, 6.07) is 3.61. The largest absolute Gasteiger partial charge is 0.478 e. The Bertz CT molecular complexity index is 574. The van der Waals surface area contributed by atoms with Gasteiger partial charge in [-0.05, 0) is 24.5 Å². The zero-order valence-electron chi connectivity index (χ0n) is 10.5. The van der Waals surface area contributed by atoms with E-state index in [9.17, 15) is 13.2 Å². The van der Waals surface area contributed by atoms with Crippen LogP contribution >= 0.6 is 23.4 Å². The van der Waals surface area contributed by atoms with Crippen molar-refractivity contribution >= 4 is 39.4 Å². The van der Waals surface area contributed by atoms with Gasteiger partial charge >= 0.3 is 5.97 Å². The maximum Gasteiger partial charge on any atom is 0.337 e. The first-order chi connectivity index (χ1) is 8.80. The maximum absolute atomic E-state index is 12.2. The second kappa shape index (κ2) is 6.60. The first kappa shape index (κ1) is 16.3. The van der Waals surface area contributed by atoms with Gasteiger partial charge < -0.3 is 5.11 Å². The fraction of sp³-hybridized carbons (Fsp3) is 0.364. The molecule has 0 spiro atoms. The van der Waals surface area contributed by atoms with Crippen molar-refractivity contribution in [3.63, 3.8) is 0 Å². The van der Waals surface area contributed by atoms with E-state index < -0.39 is 16.0 Å². The van der Waals surface area contributed by atoms with Crippen LogP contribution in [0.25, 0.3) is 0 Å². The van der Waals surface area contributed by atoms with E-state index in [1.165, 1.54) is 23.5 Å². The highest BCUT2D eigenvalue weighted by Crippen LogP contribution is 2.23. The topological polar surface area (TPSA) is 74.7 Å². The number of aromatic carboxylic acids is 1. The summed E-state index contributed by atoms with van der Waals surface area (Å²) in [5.41, 5.74) is -0.118. The van der Waals surface area contributed by atoms with Gasteiger partial charge in [-0.15, -0.1) is 0 Å². The lowest BCUT2D eigenvalue weighted by atomic mass is 10.2. The average Bonchev–Trinajstić information content (AvgIpc) is 2.35. The van der Waals surface area contributed by atoms with Gasteiger partial charge in [0.25, 0.3) is 0 Å². The number of benzene rings is 1. The van der Waals surface area contributed by atoms with E-state index in [4.69, 9.17) is 16.7 Å². The third-order valence-corrected chi connectivity index (χ3v) is 5.25. The molecule has 1 rings (SSSR count). The molecule has 0 saturated carbocycles. The quantitative estimate of drug-likeness (QED) is 0.867. The molecule has 8 heteroatoms. The average molecular weight is 324 g/mol. The number of carboxylic acids is 1. The Morgan fingerprint density at radius 3 is 2.58 bits per heavy atom. The summed E-state index contributed by atoms with van der Waals surface area (Å²) in [5, 5.41) is 8.75. The van der Waals surface area contributed by atoms with Crippen molar-refractivity contribution in [1.29, 1.82) is 0 Å². The summed E-state index contributed by atoms with van der Waals surface area (Å²) in [5.74, 6) is -0.513. The standard InChI is InChI=1S/C11H14ClNO4S2/c1-13(5-6-18-2)19(16,17)8-3-4-9(11(14)15)10(12)7-8/h3-4,7H,5-6H2,1-2H3,(H,14,15). The fourth-order valence-electron chi connectivity index (χ4n) is 1.35. The smallest absolute Gasteiger partial charge is 0.337 e. The van der Waals surface area contributed by atoms with E-state index in [0.717, 1.165) is 6.07 Å². The van der Waals surface area contributed by atoms with Crippen LogP contribution in [0.2, 0.25) is 5.02 Å². The second-order valence-corrected chi connectivity index (χ2v) is 7.20. The van der Waals surface area contributed by atoms with Crippen molar-refractivity contribution in [2.45, 2.75) is 4.90 Å². The van der Waals surface area contributed by atoms with Gasteiger partial charge in [0.1, 0.15) is 0 Å². The lowest BCUT2D eigenvalue weighted by molar-refractivity contribution is 0.0697. The SMILES string of the molecule is CSCCN(C)S(=O)(=O)c1ccc(C(=O)O)c(Cl)c1. The van der Waals surface area contributed by atoms with Gasteiger partial charge in [0.05, 0.1) is 15.5 Å². The van der Waals surface area contributed by atoms with E-state index >= 15 is 0 Å². The zero-order chi connectivity index (χ0) is 14.6. The number of carbonyl (C=O) groups is 1. The summed E-state index contributed by atoms with van der Waals surface area (Å²) < 4.78 is 25.6. The molecule has 0 unspecified atom stereocenters. The van der Waals surface area contributed by atoms with Gasteiger partial charge in [-0.1, -0.05) is 11.6 Å². The summed E-state index contributed by atoms with van der Waals surface area (Å²) in [4.78, 5) is 10.8. The Morgan fingerprint density at radius 2 is 2.11 bits per heavy atom. The molecule has 0 aliphatic carbocycles. The maximum atomic E-state index is 12.2. The lowest BCUT2D eigenvalue weighted by Crippen LogP contribution is -2.29. The minimum absolute atomic E-state index is 0.00824. The summed E-state index contributed by atoms with van der Waals surface area (Å²) in [6.07, 6.45) is 1.89. The van der Waals surface area contributed by atoms with Crippen molar-refractivity contribution in [2.75, 3.05) is 25.6 Å². The molecule has 19 heavy (non-hydrogen) atoms. The third-order valence-electron chi connectivity index (χ3n) is 2.49. The van der Waals surface area contributed by atoms with Crippen LogP contribution in [0.5, 0.6) is 0 Å². The molecular weight excluding hydrogens is 310 g/mol. The molecule has 0 bridgehead atoms. The molecule has 0 aliphatic heterocycles. The van der Waals surface area contributed by atoms with E-state index in [1.54, 1.807) is 11.8 Å². The number of rotatable bonds is 6. The van der Waals surface area contributed by atoms with Crippen LogP contribution in [0.4, 0.5) is 0 Å². The van der Waals surface area contributed by atoms with Crippen LogP contribution in [0.15, 0.2) is 23.1 Å². The Hall–Kier alpha value is -0.760. The van der Waals surface area contributed by atoms with Gasteiger partial charge in [0.15, 0.2) is 0 Å². The minimum atomic E-state index is -3.63. The fourth-order valence-corrected chi connectivity index (χ4v) is 3.45. The highest BCUT2D eigenvalue weighted by molar-refractivity contribution is 7.98. The molecule has 0 radical (unpaired) electrons. The Labute approximate surface area is 121 Å². The van der Waals surface area contributed by atoms with Crippen molar-refractivity contribution in [3.05, 3.63) is 28.8 Å². The van der Waals surface area contributed by atoms with Crippen molar-refractivity contribution in [1.82, 2.24) is 4.31 Å². The molecule has 0 fully saturated rings. The molecule has 5 nitrogen and oxygen atoms in total. The van der Waals surface area contributed by atoms with Gasteiger partial charge in [0.2, 0.25) is 10.0 Å². The van der Waals surface area contributed by atoms with Crippen molar-refractivity contribution in [3.8, 4) is 0 Å². The number of sulfonamides is 1. The molecule has 0 aromatic heterocycles. The van der Waals surface area contributed by atoms with E-state index in [2.05, 4.69) is 0 Å². The van der Waals surface area contributed by atoms with Crippen LogP contribution in [-0.2, 0) is 10.0 Å². The molecule has 0 heterocycles. The van der Waals surface area contributed by atoms with E-state index in [1.807, 2.05) is 6.26 Å². The third kappa shape index (κ3) is 3.85. The van der Waals surface area contributed by atoms with E-state index in [-0.39, 0.29) is 15.5 Å². The number of carboxylic acid groups (broad SMARTS) is 1. The highest BCUT2D eigenvalue weighted by atomic mass is 35.5. The van der Waals surface area contributed by atoms with E-state index in [0.29, 0.717) is 12.3 Å². The molecular formula is C11H14ClNO4S2. The van der Waals surface area contributed by atoms with Crippen molar-refractivity contribution < 1.29 is 18.3 Å². The molecule has 1 aromatic rings. The van der Waals surface area contributed by atoms with Gasteiger partial charge in [-0.3, -0.25) is 0 Å². The number of nitrogens with zero attached hydrogens (tertiary/aromatic N) is 1. The highest BCUT2D eigenvalue weighted by Gasteiger charge is 2.22. The van der Waals surface area contributed by atoms with Crippen molar-refractivity contribution in [2.24, 2.45) is 0 Å². The normalized spacial score (nSPS) is 11.8. The molecule has 0 saturated heterocycles. The monoisotopic (exact) mass is 323 g/mol. The Balaban J connectivity index is 3.09. The van der Waals surface area contributed by atoms with Gasteiger partial charge in [0, 0.05) is 19.3 Å². The molecule has 0 atom stereocenters. The molecule has 0 aliphatic rings. The Kier molecular flexibility index (Phi) is 5.66. The molecule has 1 N–H and O–H groups in total. The first-order valence-corrected chi connectivity index (χ1v) is 8.50. The van der Waals surface area contributed by atoms with Crippen LogP contribution in [0.3, 0.4) is 0 Å². The minimum Gasteiger partial charge on any atom is -0.478 e. The molecule has 106 valence electrons. The zero-order valence-corrected chi connectivity index (χ0v) is 12.8. The summed E-state index contributed by atoms with van der Waals surface area (Å²) >= 11 is 7.31. The Morgan fingerprint density at radius 1 is 1.47 bits per heavy atom. The van der Waals surface area contributed by atoms with Crippen LogP contribution < -0.4 is 0 Å². The summed E-state index contributed by atoms with van der Waals surface area (Å²) in [7, 11) is -2.16. The van der Waals surface area contributed by atoms with Gasteiger partial charge in [-0.2, -0.15) is 11.8 Å². The second-order valence-electron chi connectivity index (χ2n) is 3.77. The summed E-state index contributed by atoms with van der Waals surface area (Å²) in [6.45, 7) is 0.377. The predicted octanol–water partition coefficient (Wildman–Crippen LogP) is 2.02. The predicted molar refractivity (Wildman–Crippen MR) is 76.6 cm³/mol. The lowest BCUT2D eigenvalue weighted by Gasteiger charge is -2.17. The number of hydrogen-bond donors (Lipinski definition) is 1. The van der Waals surface area contributed by atoms with Crippen LogP contribution in [-0.4, -0.2) is 49.4 Å². The molecule has 0 amide bonds. The van der Waals surface area contributed by atoms with Crippen LogP contribution in [0.1, 0.15) is 10.4 Å². The molecule has 1 aromatic carbocycles. The number of hydrogen-bond acceptors (Lipinski definition) is 4. The first-order valence-electron chi connectivity index (χ1n) is 5.29. The van der Waals surface area contributed by atoms with Crippen LogP contribution in [0, 0.1) is 0 Å². The number of thioether (sulfide) groups is 1.